The molecule has 3 aromatic carbocycles. The van der Waals surface area contributed by atoms with Gasteiger partial charge in [-0.05, 0) is 28.8 Å². The molecule has 6 nitrogen and oxygen atoms in total. The lowest BCUT2D eigenvalue weighted by Gasteiger charge is -2.13. The van der Waals surface area contributed by atoms with Crippen LogP contribution in [-0.4, -0.2) is 32.9 Å². The van der Waals surface area contributed by atoms with E-state index in [1.807, 2.05) is 48.5 Å². The van der Waals surface area contributed by atoms with Gasteiger partial charge < -0.3 is 19.0 Å². The SMILES string of the molecule is COc1ccc(Cn2c(-c3ccccc3)c(-c3ccccc3)c3c(=N)n(CCO)cnc32)cc1. The first kappa shape index (κ1) is 21.7. The molecular weight excluding hydrogens is 424 g/mol. The van der Waals surface area contributed by atoms with Gasteiger partial charge in [0.25, 0.3) is 0 Å². The number of aromatic nitrogens is 3. The van der Waals surface area contributed by atoms with Crippen LogP contribution in [0.2, 0.25) is 0 Å². The quantitative estimate of drug-likeness (QED) is 0.377. The highest BCUT2D eigenvalue weighted by Crippen LogP contribution is 2.39. The number of methoxy groups -OCH3 is 1. The van der Waals surface area contributed by atoms with E-state index in [0.717, 1.165) is 44.7 Å². The van der Waals surface area contributed by atoms with Crippen LogP contribution >= 0.6 is 0 Å². The van der Waals surface area contributed by atoms with Crippen molar-refractivity contribution in [1.29, 1.82) is 5.41 Å². The molecule has 0 aliphatic rings. The Labute approximate surface area is 197 Å². The normalized spacial score (nSPS) is 11.1. The van der Waals surface area contributed by atoms with Gasteiger partial charge in [-0.15, -0.1) is 0 Å². The van der Waals surface area contributed by atoms with Crippen molar-refractivity contribution >= 4 is 11.0 Å². The third-order valence-corrected chi connectivity index (χ3v) is 6.03. The van der Waals surface area contributed by atoms with Gasteiger partial charge in [-0.3, -0.25) is 5.41 Å². The van der Waals surface area contributed by atoms with E-state index in [1.165, 1.54) is 0 Å². The minimum Gasteiger partial charge on any atom is -0.497 e. The summed E-state index contributed by atoms with van der Waals surface area (Å²) in [7, 11) is 1.66. The van der Waals surface area contributed by atoms with Crippen LogP contribution in [0.4, 0.5) is 0 Å². The van der Waals surface area contributed by atoms with E-state index in [9.17, 15) is 5.11 Å². The van der Waals surface area contributed by atoms with E-state index in [1.54, 1.807) is 18.0 Å². The standard InChI is InChI=1S/C28H26N4O2/c1-34-23-14-12-20(13-15-23)18-32-26(22-10-6-3-7-11-22)24(21-8-4-2-5-9-21)25-27(29)31(16-17-33)19-30-28(25)32/h2-15,19,29,33H,16-18H2,1H3. The fraction of sp³-hybridized carbons (Fsp3) is 0.143. The smallest absolute Gasteiger partial charge is 0.146 e. The van der Waals surface area contributed by atoms with Crippen molar-refractivity contribution in [2.24, 2.45) is 0 Å². The average molecular weight is 451 g/mol. The molecule has 0 saturated heterocycles. The second-order valence-corrected chi connectivity index (χ2v) is 8.10. The zero-order valence-corrected chi connectivity index (χ0v) is 19.0. The van der Waals surface area contributed by atoms with Crippen molar-refractivity contribution < 1.29 is 9.84 Å². The zero-order chi connectivity index (χ0) is 23.5. The van der Waals surface area contributed by atoms with Crippen LogP contribution in [0.15, 0.2) is 91.3 Å². The van der Waals surface area contributed by atoms with E-state index >= 15 is 0 Å². The second-order valence-electron chi connectivity index (χ2n) is 8.10. The summed E-state index contributed by atoms with van der Waals surface area (Å²) >= 11 is 0. The maximum absolute atomic E-state index is 9.53. The molecule has 2 heterocycles. The molecule has 0 fully saturated rings. The van der Waals surface area contributed by atoms with Gasteiger partial charge >= 0.3 is 0 Å². The Morgan fingerprint density at radius 1 is 0.882 bits per heavy atom. The van der Waals surface area contributed by atoms with Crippen LogP contribution in [-0.2, 0) is 13.1 Å². The number of rotatable bonds is 7. The molecule has 0 spiro atoms. The fourth-order valence-electron chi connectivity index (χ4n) is 4.42. The lowest BCUT2D eigenvalue weighted by molar-refractivity contribution is 0.273. The summed E-state index contributed by atoms with van der Waals surface area (Å²) in [4.78, 5) is 4.79. The van der Waals surface area contributed by atoms with Crippen LogP contribution < -0.4 is 10.2 Å². The van der Waals surface area contributed by atoms with E-state index < -0.39 is 0 Å². The molecule has 0 saturated carbocycles. The maximum atomic E-state index is 9.53. The largest absolute Gasteiger partial charge is 0.497 e. The van der Waals surface area contributed by atoms with Crippen LogP contribution in [0.25, 0.3) is 33.4 Å². The summed E-state index contributed by atoms with van der Waals surface area (Å²) in [6.07, 6.45) is 1.65. The lowest BCUT2D eigenvalue weighted by atomic mass is 9.99. The summed E-state index contributed by atoms with van der Waals surface area (Å²) in [5, 5.41) is 19.3. The number of aliphatic hydroxyl groups excluding tert-OH is 1. The van der Waals surface area contributed by atoms with Crippen molar-refractivity contribution in [3.63, 3.8) is 0 Å². The van der Waals surface area contributed by atoms with Crippen LogP contribution in [0, 0.1) is 5.41 Å². The first-order chi connectivity index (χ1) is 16.7. The lowest BCUT2D eigenvalue weighted by Crippen LogP contribution is -2.22. The molecule has 2 aromatic heterocycles. The van der Waals surface area contributed by atoms with Gasteiger partial charge in [-0.1, -0.05) is 72.8 Å². The predicted molar refractivity (Wildman–Crippen MR) is 134 cm³/mol. The number of nitrogens with zero attached hydrogens (tertiary/aromatic N) is 3. The number of nitrogens with one attached hydrogen (secondary N) is 1. The van der Waals surface area contributed by atoms with E-state index in [2.05, 4.69) is 41.0 Å². The monoisotopic (exact) mass is 450 g/mol. The van der Waals surface area contributed by atoms with Gasteiger partial charge in [0.2, 0.25) is 0 Å². The van der Waals surface area contributed by atoms with E-state index in [4.69, 9.17) is 15.1 Å². The molecule has 0 aliphatic carbocycles. The summed E-state index contributed by atoms with van der Waals surface area (Å²) in [6, 6.07) is 28.4. The highest BCUT2D eigenvalue weighted by atomic mass is 16.5. The molecule has 34 heavy (non-hydrogen) atoms. The Kier molecular flexibility index (Phi) is 5.97. The van der Waals surface area contributed by atoms with Gasteiger partial charge in [-0.2, -0.15) is 0 Å². The number of ether oxygens (including phenoxy) is 1. The zero-order valence-electron chi connectivity index (χ0n) is 19.0. The molecule has 0 radical (unpaired) electrons. The Balaban J connectivity index is 1.85. The average Bonchev–Trinajstić information content (AvgIpc) is 3.22. The number of aliphatic hydroxyl groups is 1. The van der Waals surface area contributed by atoms with Crippen molar-refractivity contribution in [1.82, 2.24) is 14.1 Å². The van der Waals surface area contributed by atoms with Gasteiger partial charge in [0, 0.05) is 18.7 Å². The van der Waals surface area contributed by atoms with Crippen molar-refractivity contribution in [3.05, 3.63) is 102 Å². The Morgan fingerprint density at radius 3 is 2.15 bits per heavy atom. The minimum atomic E-state index is -0.0531. The first-order valence-corrected chi connectivity index (χ1v) is 11.2. The number of fused-ring (bicyclic) bond motifs is 1. The first-order valence-electron chi connectivity index (χ1n) is 11.2. The Hall–Kier alpha value is -4.16. The van der Waals surface area contributed by atoms with Gasteiger partial charge in [0.05, 0.1) is 31.1 Å². The second kappa shape index (κ2) is 9.37. The third-order valence-electron chi connectivity index (χ3n) is 6.03. The van der Waals surface area contributed by atoms with Crippen molar-refractivity contribution in [2.75, 3.05) is 13.7 Å². The van der Waals surface area contributed by atoms with Crippen molar-refractivity contribution in [2.45, 2.75) is 13.1 Å². The minimum absolute atomic E-state index is 0.0531. The molecule has 0 aliphatic heterocycles. The van der Waals surface area contributed by atoms with Crippen LogP contribution in [0.5, 0.6) is 5.75 Å². The van der Waals surface area contributed by atoms with Gasteiger partial charge in [0.1, 0.15) is 16.9 Å². The number of hydrogen-bond acceptors (Lipinski definition) is 4. The summed E-state index contributed by atoms with van der Waals surface area (Å²) in [5.41, 5.74) is 6.25. The highest BCUT2D eigenvalue weighted by molar-refractivity contribution is 6.02. The van der Waals surface area contributed by atoms with Gasteiger partial charge in [0.15, 0.2) is 0 Å². The molecule has 5 rings (SSSR count). The third kappa shape index (κ3) is 3.89. The highest BCUT2D eigenvalue weighted by Gasteiger charge is 2.23. The molecule has 2 N–H and O–H groups in total. The summed E-state index contributed by atoms with van der Waals surface area (Å²) in [6.45, 7) is 0.858. The Morgan fingerprint density at radius 2 is 1.53 bits per heavy atom. The molecule has 0 unspecified atom stereocenters. The fourth-order valence-corrected chi connectivity index (χ4v) is 4.42. The van der Waals surface area contributed by atoms with Crippen LogP contribution in [0.3, 0.4) is 0 Å². The summed E-state index contributed by atoms with van der Waals surface area (Å²) in [5.74, 6) is 0.811. The Bertz CT molecular complexity index is 1470. The number of hydrogen-bond donors (Lipinski definition) is 2. The van der Waals surface area contributed by atoms with Crippen LogP contribution in [0.1, 0.15) is 5.56 Å². The molecule has 0 bridgehead atoms. The molecule has 0 amide bonds. The number of benzene rings is 3. The van der Waals surface area contributed by atoms with E-state index in [-0.39, 0.29) is 6.61 Å². The van der Waals surface area contributed by atoms with Crippen molar-refractivity contribution in [3.8, 4) is 28.1 Å². The molecule has 170 valence electrons. The van der Waals surface area contributed by atoms with E-state index in [0.29, 0.717) is 18.6 Å². The molecule has 6 heteroatoms. The van der Waals surface area contributed by atoms with Gasteiger partial charge in [-0.25, -0.2) is 4.98 Å². The maximum Gasteiger partial charge on any atom is 0.146 e. The summed E-state index contributed by atoms with van der Waals surface area (Å²) < 4.78 is 9.22. The molecule has 0 atom stereocenters. The topological polar surface area (TPSA) is 76.1 Å². The molecule has 5 aromatic rings. The predicted octanol–water partition coefficient (Wildman–Crippen LogP) is 4.70. The molecular formula is C28H26N4O2.